The van der Waals surface area contributed by atoms with E-state index in [9.17, 15) is 9.59 Å². The molecule has 0 aromatic heterocycles. The standard InChI is InChI=1S/C17H22N2O3S/c1-3-13-15(16(20)22-4-2)14(19-17(21)18-13)11-23-10-12-8-6-5-7-9-12/h5-9,13H,3-4,10-11H2,1-2H3,(H2,18,19,21)/t13-/m1/s1. The number of hydrogen-bond donors (Lipinski definition) is 2. The zero-order chi connectivity index (χ0) is 16.7. The second-order valence-electron chi connectivity index (χ2n) is 5.15. The molecule has 6 heteroatoms. The fraction of sp³-hybridized carbons (Fsp3) is 0.412. The van der Waals surface area contributed by atoms with Crippen molar-refractivity contribution in [3.63, 3.8) is 0 Å². The zero-order valence-corrected chi connectivity index (χ0v) is 14.2. The van der Waals surface area contributed by atoms with E-state index in [1.165, 1.54) is 5.56 Å². The van der Waals surface area contributed by atoms with Crippen LogP contribution in [0.4, 0.5) is 4.79 Å². The fourth-order valence-electron chi connectivity index (χ4n) is 2.42. The van der Waals surface area contributed by atoms with Crippen molar-refractivity contribution in [2.45, 2.75) is 32.1 Å². The number of carbonyl (C=O) groups is 2. The van der Waals surface area contributed by atoms with Crippen molar-refractivity contribution < 1.29 is 14.3 Å². The molecule has 0 saturated carbocycles. The van der Waals surface area contributed by atoms with E-state index in [0.29, 0.717) is 30.1 Å². The van der Waals surface area contributed by atoms with E-state index in [1.54, 1.807) is 18.7 Å². The molecule has 1 aliphatic heterocycles. The Bertz CT molecular complexity index is 587. The minimum absolute atomic E-state index is 0.264. The normalized spacial score (nSPS) is 17.5. The number of amides is 2. The molecule has 5 nitrogen and oxygen atoms in total. The summed E-state index contributed by atoms with van der Waals surface area (Å²) in [4.78, 5) is 24.0. The van der Waals surface area contributed by atoms with Crippen LogP contribution in [0.3, 0.4) is 0 Å². The summed E-state index contributed by atoms with van der Waals surface area (Å²) < 4.78 is 5.15. The molecule has 1 aromatic carbocycles. The summed E-state index contributed by atoms with van der Waals surface area (Å²) >= 11 is 1.66. The van der Waals surface area contributed by atoms with Crippen molar-refractivity contribution in [1.29, 1.82) is 0 Å². The van der Waals surface area contributed by atoms with Crippen LogP contribution < -0.4 is 10.6 Å². The van der Waals surface area contributed by atoms with E-state index in [1.807, 2.05) is 25.1 Å². The van der Waals surface area contributed by atoms with Gasteiger partial charge in [-0.1, -0.05) is 37.3 Å². The molecule has 2 rings (SSSR count). The van der Waals surface area contributed by atoms with Crippen LogP contribution in [-0.2, 0) is 15.3 Å². The first kappa shape index (κ1) is 17.4. The molecule has 1 atom stereocenters. The average Bonchev–Trinajstić information content (AvgIpc) is 2.55. The van der Waals surface area contributed by atoms with Gasteiger partial charge in [0.05, 0.1) is 18.2 Å². The Balaban J connectivity index is 2.11. The number of carbonyl (C=O) groups excluding carboxylic acids is 2. The topological polar surface area (TPSA) is 67.4 Å². The minimum atomic E-state index is -0.359. The predicted octanol–water partition coefficient (Wildman–Crippen LogP) is 2.83. The average molecular weight is 334 g/mol. The quantitative estimate of drug-likeness (QED) is 0.753. The molecule has 2 amide bonds. The number of rotatable bonds is 7. The third-order valence-corrected chi connectivity index (χ3v) is 4.54. The summed E-state index contributed by atoms with van der Waals surface area (Å²) in [6, 6.07) is 9.54. The summed E-state index contributed by atoms with van der Waals surface area (Å²) in [7, 11) is 0. The Kier molecular flexibility index (Phi) is 6.52. The maximum absolute atomic E-state index is 12.2. The van der Waals surface area contributed by atoms with Crippen molar-refractivity contribution in [2.75, 3.05) is 12.4 Å². The largest absolute Gasteiger partial charge is 0.463 e. The molecular formula is C17H22N2O3S. The first-order chi connectivity index (χ1) is 11.2. The molecule has 0 fully saturated rings. The van der Waals surface area contributed by atoms with Gasteiger partial charge in [0.25, 0.3) is 0 Å². The van der Waals surface area contributed by atoms with Crippen molar-refractivity contribution in [3.8, 4) is 0 Å². The van der Waals surface area contributed by atoms with Crippen LogP contribution in [0, 0.1) is 0 Å². The van der Waals surface area contributed by atoms with Gasteiger partial charge in [-0.3, -0.25) is 0 Å². The summed E-state index contributed by atoms with van der Waals surface area (Å²) in [5.74, 6) is 1.02. The van der Waals surface area contributed by atoms with Gasteiger partial charge in [0.2, 0.25) is 0 Å². The molecule has 2 N–H and O–H groups in total. The first-order valence-electron chi connectivity index (χ1n) is 7.75. The molecular weight excluding hydrogens is 312 g/mol. The first-order valence-corrected chi connectivity index (χ1v) is 8.90. The lowest BCUT2D eigenvalue weighted by molar-refractivity contribution is -0.139. The number of hydrogen-bond acceptors (Lipinski definition) is 4. The van der Waals surface area contributed by atoms with Gasteiger partial charge in [-0.15, -0.1) is 0 Å². The smallest absolute Gasteiger partial charge is 0.337 e. The molecule has 0 unspecified atom stereocenters. The van der Waals surface area contributed by atoms with Gasteiger partial charge >= 0.3 is 12.0 Å². The van der Waals surface area contributed by atoms with Crippen LogP contribution in [0.2, 0.25) is 0 Å². The second kappa shape index (κ2) is 8.62. The van der Waals surface area contributed by atoms with Gasteiger partial charge in [0.1, 0.15) is 0 Å². The van der Waals surface area contributed by atoms with Crippen LogP contribution in [0.5, 0.6) is 0 Å². The van der Waals surface area contributed by atoms with E-state index < -0.39 is 0 Å². The number of nitrogens with one attached hydrogen (secondary N) is 2. The highest BCUT2D eigenvalue weighted by molar-refractivity contribution is 7.98. The summed E-state index contributed by atoms with van der Waals surface area (Å²) in [6.07, 6.45) is 0.647. The number of urea groups is 1. The Labute approximate surface area is 140 Å². The molecule has 1 aromatic rings. The lowest BCUT2D eigenvalue weighted by Gasteiger charge is -2.28. The predicted molar refractivity (Wildman–Crippen MR) is 92.0 cm³/mol. The molecule has 1 heterocycles. The number of benzene rings is 1. The third kappa shape index (κ3) is 4.76. The van der Waals surface area contributed by atoms with Crippen LogP contribution in [0.1, 0.15) is 25.8 Å². The van der Waals surface area contributed by atoms with Gasteiger partial charge in [0, 0.05) is 17.2 Å². The fourth-order valence-corrected chi connectivity index (χ4v) is 3.38. The molecule has 23 heavy (non-hydrogen) atoms. The molecule has 0 radical (unpaired) electrons. The van der Waals surface area contributed by atoms with Crippen LogP contribution >= 0.6 is 11.8 Å². The SMILES string of the molecule is CCOC(=O)C1=C(CSCc2ccccc2)NC(=O)N[C@@H]1CC. The maximum atomic E-state index is 12.2. The molecule has 0 saturated heterocycles. The van der Waals surface area contributed by atoms with E-state index in [-0.39, 0.29) is 18.0 Å². The second-order valence-corrected chi connectivity index (χ2v) is 6.14. The summed E-state index contributed by atoms with van der Waals surface area (Å²) in [5, 5.41) is 5.54. The van der Waals surface area contributed by atoms with E-state index in [4.69, 9.17) is 4.74 Å². The van der Waals surface area contributed by atoms with Gasteiger partial charge in [-0.2, -0.15) is 11.8 Å². The Morgan fingerprint density at radius 2 is 1.96 bits per heavy atom. The van der Waals surface area contributed by atoms with Crippen molar-refractivity contribution >= 4 is 23.8 Å². The highest BCUT2D eigenvalue weighted by atomic mass is 32.2. The van der Waals surface area contributed by atoms with Crippen LogP contribution in [0.15, 0.2) is 41.6 Å². The molecule has 124 valence electrons. The number of thioether (sulfide) groups is 1. The summed E-state index contributed by atoms with van der Waals surface area (Å²) in [5.41, 5.74) is 2.40. The number of ether oxygens (including phenoxy) is 1. The maximum Gasteiger partial charge on any atom is 0.337 e. The molecule has 0 aliphatic carbocycles. The van der Waals surface area contributed by atoms with Gasteiger partial charge in [-0.25, -0.2) is 9.59 Å². The van der Waals surface area contributed by atoms with Crippen molar-refractivity contribution in [3.05, 3.63) is 47.2 Å². The van der Waals surface area contributed by atoms with Crippen molar-refractivity contribution in [2.24, 2.45) is 0 Å². The monoisotopic (exact) mass is 334 g/mol. The zero-order valence-electron chi connectivity index (χ0n) is 13.4. The Morgan fingerprint density at radius 1 is 1.22 bits per heavy atom. The Hall–Kier alpha value is -1.95. The van der Waals surface area contributed by atoms with Crippen LogP contribution in [0.25, 0.3) is 0 Å². The van der Waals surface area contributed by atoms with Gasteiger partial charge in [0.15, 0.2) is 0 Å². The summed E-state index contributed by atoms with van der Waals surface area (Å²) in [6.45, 7) is 4.03. The minimum Gasteiger partial charge on any atom is -0.463 e. The highest BCUT2D eigenvalue weighted by Crippen LogP contribution is 2.22. The van der Waals surface area contributed by atoms with Gasteiger partial charge in [-0.05, 0) is 18.9 Å². The lowest BCUT2D eigenvalue weighted by Crippen LogP contribution is -2.50. The number of esters is 1. The molecule has 0 spiro atoms. The van der Waals surface area contributed by atoms with E-state index >= 15 is 0 Å². The van der Waals surface area contributed by atoms with E-state index in [0.717, 1.165) is 5.75 Å². The van der Waals surface area contributed by atoms with Crippen LogP contribution in [-0.4, -0.2) is 30.4 Å². The Morgan fingerprint density at radius 3 is 2.61 bits per heavy atom. The highest BCUT2D eigenvalue weighted by Gasteiger charge is 2.31. The van der Waals surface area contributed by atoms with Gasteiger partial charge < -0.3 is 15.4 Å². The molecule has 1 aliphatic rings. The van der Waals surface area contributed by atoms with Crippen molar-refractivity contribution in [1.82, 2.24) is 10.6 Å². The molecule has 0 bridgehead atoms. The lowest BCUT2D eigenvalue weighted by atomic mass is 10.0. The van der Waals surface area contributed by atoms with E-state index in [2.05, 4.69) is 22.8 Å². The third-order valence-electron chi connectivity index (χ3n) is 3.50.